The second kappa shape index (κ2) is 12.1. The Morgan fingerprint density at radius 2 is 1.40 bits per heavy atom. The molecule has 1 amide bonds. The molecule has 0 aliphatic heterocycles. The van der Waals surface area contributed by atoms with Gasteiger partial charge in [0.05, 0.1) is 11.5 Å². The van der Waals surface area contributed by atoms with Crippen molar-refractivity contribution in [1.29, 1.82) is 0 Å². The van der Waals surface area contributed by atoms with E-state index in [1.165, 1.54) is 24.3 Å². The van der Waals surface area contributed by atoms with Crippen molar-refractivity contribution >= 4 is 43.2 Å². The summed E-state index contributed by atoms with van der Waals surface area (Å²) in [4.78, 5) is 12.6. The molecule has 0 aromatic heterocycles. The van der Waals surface area contributed by atoms with E-state index < -0.39 is 10.0 Å². The smallest absolute Gasteiger partial charge is 0.262 e. The van der Waals surface area contributed by atoms with Crippen LogP contribution in [0.15, 0.2) is 70.0 Å². The van der Waals surface area contributed by atoms with Crippen molar-refractivity contribution in [3.63, 3.8) is 0 Å². The minimum atomic E-state index is -3.78. The molecule has 0 bridgehead atoms. The van der Waals surface area contributed by atoms with Crippen LogP contribution in [0.25, 0.3) is 0 Å². The van der Waals surface area contributed by atoms with Crippen molar-refractivity contribution in [1.82, 2.24) is 0 Å². The molecular formula is C26H29BrN2O5S. The van der Waals surface area contributed by atoms with Crippen molar-refractivity contribution in [3.8, 4) is 11.5 Å². The van der Waals surface area contributed by atoms with Gasteiger partial charge in [0.2, 0.25) is 0 Å². The predicted molar refractivity (Wildman–Crippen MR) is 142 cm³/mol. The summed E-state index contributed by atoms with van der Waals surface area (Å²) in [7, 11) is -3.78. The van der Waals surface area contributed by atoms with E-state index in [-0.39, 0.29) is 17.4 Å². The first-order valence-corrected chi connectivity index (χ1v) is 13.6. The fourth-order valence-corrected chi connectivity index (χ4v) is 5.09. The number of anilines is 2. The van der Waals surface area contributed by atoms with Crippen LogP contribution in [0.5, 0.6) is 11.5 Å². The zero-order valence-corrected chi connectivity index (χ0v) is 22.3. The quantitative estimate of drug-likeness (QED) is 0.309. The first-order chi connectivity index (χ1) is 16.7. The van der Waals surface area contributed by atoms with Gasteiger partial charge in [-0.05, 0) is 91.6 Å². The van der Waals surface area contributed by atoms with Gasteiger partial charge in [0, 0.05) is 15.8 Å². The van der Waals surface area contributed by atoms with Crippen molar-refractivity contribution in [2.75, 3.05) is 23.3 Å². The number of ether oxygens (including phenoxy) is 2. The highest BCUT2D eigenvalue weighted by Gasteiger charge is 2.15. The van der Waals surface area contributed by atoms with E-state index in [1.807, 2.05) is 32.9 Å². The van der Waals surface area contributed by atoms with Gasteiger partial charge in [-0.15, -0.1) is 0 Å². The van der Waals surface area contributed by atoms with Crippen LogP contribution in [0.2, 0.25) is 0 Å². The number of amides is 1. The lowest BCUT2D eigenvalue weighted by Gasteiger charge is -2.16. The van der Waals surface area contributed by atoms with Gasteiger partial charge < -0.3 is 14.8 Å². The monoisotopic (exact) mass is 560 g/mol. The number of benzene rings is 3. The maximum atomic E-state index is 12.7. The number of nitrogens with one attached hydrogen (secondary N) is 2. The lowest BCUT2D eigenvalue weighted by molar-refractivity contribution is -0.118. The molecule has 3 aromatic rings. The van der Waals surface area contributed by atoms with Crippen molar-refractivity contribution in [2.45, 2.75) is 38.5 Å². The molecule has 0 saturated heterocycles. The minimum Gasteiger partial charge on any atom is -0.494 e. The minimum absolute atomic E-state index is 0.0817. The molecule has 7 nitrogen and oxygen atoms in total. The van der Waals surface area contributed by atoms with Gasteiger partial charge >= 0.3 is 0 Å². The van der Waals surface area contributed by atoms with Crippen LogP contribution < -0.4 is 19.5 Å². The molecule has 0 atom stereocenters. The molecule has 2 N–H and O–H groups in total. The molecule has 0 heterocycles. The number of aryl methyl sites for hydroxylation is 2. The van der Waals surface area contributed by atoms with E-state index >= 15 is 0 Å². The third kappa shape index (κ3) is 7.22. The molecule has 0 aliphatic carbocycles. The topological polar surface area (TPSA) is 93.7 Å². The number of halogens is 1. The van der Waals surface area contributed by atoms with Crippen LogP contribution in [-0.4, -0.2) is 27.5 Å². The summed E-state index contributed by atoms with van der Waals surface area (Å²) in [6.45, 7) is 6.29. The Morgan fingerprint density at radius 3 is 1.94 bits per heavy atom. The molecule has 186 valence electrons. The highest BCUT2D eigenvalue weighted by molar-refractivity contribution is 9.10. The SMILES string of the molecule is CCOc1ccc(NS(=O)(=O)c2ccc(OCC(=O)Nc3c(CC)cc(Br)cc3CC)cc2)cc1. The van der Waals surface area contributed by atoms with Gasteiger partial charge in [-0.25, -0.2) is 8.42 Å². The molecule has 0 radical (unpaired) electrons. The fraction of sp³-hybridized carbons (Fsp3) is 0.269. The van der Waals surface area contributed by atoms with Gasteiger partial charge in [-0.2, -0.15) is 0 Å². The Morgan fingerprint density at radius 1 is 0.857 bits per heavy atom. The first kappa shape index (κ1) is 26.6. The largest absolute Gasteiger partial charge is 0.494 e. The number of rotatable bonds is 11. The third-order valence-electron chi connectivity index (χ3n) is 5.21. The van der Waals surface area contributed by atoms with E-state index in [0.717, 1.165) is 34.1 Å². The van der Waals surface area contributed by atoms with Crippen molar-refractivity contribution in [3.05, 3.63) is 76.3 Å². The lowest BCUT2D eigenvalue weighted by Crippen LogP contribution is -2.22. The zero-order valence-electron chi connectivity index (χ0n) is 19.9. The molecule has 3 rings (SSSR count). The van der Waals surface area contributed by atoms with E-state index in [9.17, 15) is 13.2 Å². The molecule has 0 saturated carbocycles. The summed E-state index contributed by atoms with van der Waals surface area (Å²) in [5.41, 5.74) is 3.32. The van der Waals surface area contributed by atoms with Gasteiger partial charge in [0.15, 0.2) is 6.61 Å². The molecule has 0 spiro atoms. The number of carbonyl (C=O) groups excluding carboxylic acids is 1. The van der Waals surface area contributed by atoms with Crippen LogP contribution in [-0.2, 0) is 27.7 Å². The lowest BCUT2D eigenvalue weighted by atomic mass is 10.0. The second-order valence-electron chi connectivity index (χ2n) is 7.68. The highest BCUT2D eigenvalue weighted by atomic mass is 79.9. The van der Waals surface area contributed by atoms with Gasteiger partial charge in [0.1, 0.15) is 11.5 Å². The summed E-state index contributed by atoms with van der Waals surface area (Å²) in [5, 5.41) is 2.95. The van der Waals surface area contributed by atoms with E-state index in [0.29, 0.717) is 23.8 Å². The summed E-state index contributed by atoms with van der Waals surface area (Å²) in [6.07, 6.45) is 1.56. The molecule has 9 heteroatoms. The Bertz CT molecular complexity index is 1230. The van der Waals surface area contributed by atoms with Gasteiger partial charge in [-0.3, -0.25) is 9.52 Å². The molecule has 35 heavy (non-hydrogen) atoms. The van der Waals surface area contributed by atoms with Crippen LogP contribution in [0, 0.1) is 0 Å². The fourth-order valence-electron chi connectivity index (χ4n) is 3.48. The van der Waals surface area contributed by atoms with Crippen molar-refractivity contribution < 1.29 is 22.7 Å². The average molecular weight is 561 g/mol. The number of hydrogen-bond donors (Lipinski definition) is 2. The predicted octanol–water partition coefficient (Wildman–Crippen LogP) is 5.79. The summed E-state index contributed by atoms with van der Waals surface area (Å²) >= 11 is 3.51. The Balaban J connectivity index is 1.61. The number of carbonyl (C=O) groups is 1. The standard InChI is InChI=1S/C26H29BrN2O5S/c1-4-18-15-20(27)16-19(5-2)26(18)28-25(30)17-34-23-11-13-24(14-12-23)35(31,32)29-21-7-9-22(10-8-21)33-6-3/h7-16,29H,4-6,17H2,1-3H3,(H,28,30). The normalized spacial score (nSPS) is 11.1. The summed E-state index contributed by atoms with van der Waals surface area (Å²) < 4.78 is 39.8. The molecule has 0 fully saturated rings. The van der Waals surface area contributed by atoms with Crippen LogP contribution >= 0.6 is 15.9 Å². The van der Waals surface area contributed by atoms with Crippen LogP contribution in [0.4, 0.5) is 11.4 Å². The maximum Gasteiger partial charge on any atom is 0.262 e. The third-order valence-corrected chi connectivity index (χ3v) is 7.07. The van der Waals surface area contributed by atoms with Crippen molar-refractivity contribution in [2.24, 2.45) is 0 Å². The highest BCUT2D eigenvalue weighted by Crippen LogP contribution is 2.28. The molecular weight excluding hydrogens is 532 g/mol. The number of hydrogen-bond acceptors (Lipinski definition) is 5. The maximum absolute atomic E-state index is 12.7. The Kier molecular flexibility index (Phi) is 9.17. The van der Waals surface area contributed by atoms with Gasteiger partial charge in [-0.1, -0.05) is 29.8 Å². The van der Waals surface area contributed by atoms with Crippen LogP contribution in [0.1, 0.15) is 31.9 Å². The van der Waals surface area contributed by atoms with E-state index in [4.69, 9.17) is 9.47 Å². The second-order valence-corrected chi connectivity index (χ2v) is 10.3. The van der Waals surface area contributed by atoms with Gasteiger partial charge in [0.25, 0.3) is 15.9 Å². The summed E-state index contributed by atoms with van der Waals surface area (Å²) in [6, 6.07) is 16.6. The Labute approximate surface area is 215 Å². The van der Waals surface area contributed by atoms with E-state index in [1.54, 1.807) is 24.3 Å². The van der Waals surface area contributed by atoms with E-state index in [2.05, 4.69) is 26.0 Å². The summed E-state index contributed by atoms with van der Waals surface area (Å²) in [5.74, 6) is 0.769. The zero-order chi connectivity index (χ0) is 25.4. The number of sulfonamides is 1. The molecule has 3 aromatic carbocycles. The Hall–Kier alpha value is -3.04. The molecule has 0 aliphatic rings. The average Bonchev–Trinajstić information content (AvgIpc) is 2.85. The molecule has 0 unspecified atom stereocenters. The first-order valence-electron chi connectivity index (χ1n) is 11.3. The van der Waals surface area contributed by atoms with Crippen LogP contribution in [0.3, 0.4) is 0 Å².